The van der Waals surface area contributed by atoms with Gasteiger partial charge in [-0.1, -0.05) is 24.3 Å². The van der Waals surface area contributed by atoms with Gasteiger partial charge in [-0.2, -0.15) is 0 Å². The van der Waals surface area contributed by atoms with Gasteiger partial charge >= 0.3 is 0 Å². The fourth-order valence-corrected chi connectivity index (χ4v) is 5.08. The number of fused-ring (bicyclic) bond motifs is 1. The van der Waals surface area contributed by atoms with E-state index in [9.17, 15) is 13.2 Å². The highest BCUT2D eigenvalue weighted by Crippen LogP contribution is 2.36. The van der Waals surface area contributed by atoms with Gasteiger partial charge in [-0.05, 0) is 42.0 Å². The Morgan fingerprint density at radius 2 is 2.00 bits per heavy atom. The van der Waals surface area contributed by atoms with E-state index >= 15 is 0 Å². The summed E-state index contributed by atoms with van der Waals surface area (Å²) in [4.78, 5) is 11.7. The summed E-state index contributed by atoms with van der Waals surface area (Å²) in [5.41, 5.74) is 2.44. The van der Waals surface area contributed by atoms with Crippen molar-refractivity contribution in [1.82, 2.24) is 4.57 Å². The molecule has 3 rings (SSSR count). The molecule has 0 spiro atoms. The van der Waals surface area contributed by atoms with Crippen molar-refractivity contribution in [2.75, 3.05) is 0 Å². The molecular weight excluding hydrogens is 298 g/mol. The summed E-state index contributed by atoms with van der Waals surface area (Å²) >= 11 is 0. The third-order valence-corrected chi connectivity index (χ3v) is 6.38. The number of hydrogen-bond donors (Lipinski definition) is 0. The highest BCUT2D eigenvalue weighted by molar-refractivity contribution is 7.90. The number of rotatable bonds is 3. The predicted octanol–water partition coefficient (Wildman–Crippen LogP) is 2.38. The molecule has 2 aromatic rings. The molecule has 116 valence electrons. The second-order valence-electron chi connectivity index (χ2n) is 5.87. The lowest BCUT2D eigenvalue weighted by Crippen LogP contribution is -2.22. The van der Waals surface area contributed by atoms with Gasteiger partial charge in [-0.15, -0.1) is 0 Å². The first-order valence-electron chi connectivity index (χ1n) is 7.42. The molecule has 0 bridgehead atoms. The molecule has 5 heteroatoms. The molecule has 1 atom stereocenters. The Labute approximate surface area is 130 Å². The maximum Gasteiger partial charge on any atom is 0.250 e. The Hall–Kier alpha value is -1.88. The predicted molar refractivity (Wildman–Crippen MR) is 86.4 cm³/mol. The molecule has 1 aliphatic rings. The van der Waals surface area contributed by atoms with Gasteiger partial charge in [0.05, 0.1) is 11.0 Å². The average Bonchev–Trinajstić information content (AvgIpc) is 2.50. The largest absolute Gasteiger partial charge is 0.319 e. The van der Waals surface area contributed by atoms with Crippen LogP contribution in [-0.2, 0) is 29.1 Å². The van der Waals surface area contributed by atoms with E-state index in [1.807, 2.05) is 24.3 Å². The molecule has 0 fully saturated rings. The van der Waals surface area contributed by atoms with Crippen LogP contribution in [0.1, 0.15) is 34.8 Å². The van der Waals surface area contributed by atoms with Gasteiger partial charge < -0.3 is 4.57 Å². The van der Waals surface area contributed by atoms with Gasteiger partial charge in [0.1, 0.15) is 0 Å². The summed E-state index contributed by atoms with van der Waals surface area (Å²) in [6.45, 7) is 0. The van der Waals surface area contributed by atoms with Gasteiger partial charge in [0.15, 0.2) is 9.84 Å². The fourth-order valence-electron chi connectivity index (χ4n) is 3.09. The highest BCUT2D eigenvalue weighted by Gasteiger charge is 2.31. The molecule has 1 aliphatic carbocycles. The topological polar surface area (TPSA) is 56.1 Å². The van der Waals surface area contributed by atoms with E-state index < -0.39 is 15.1 Å². The van der Waals surface area contributed by atoms with Crippen LogP contribution in [0.2, 0.25) is 0 Å². The Bertz CT molecular complexity index is 852. The lowest BCUT2D eigenvalue weighted by Gasteiger charge is -2.25. The Balaban J connectivity index is 1.94. The minimum atomic E-state index is -3.33. The van der Waals surface area contributed by atoms with Crippen molar-refractivity contribution in [3.05, 3.63) is 69.6 Å². The van der Waals surface area contributed by atoms with Crippen molar-refractivity contribution in [2.45, 2.75) is 30.3 Å². The molecular formula is C17H19NO3S. The maximum atomic E-state index is 12.8. The lowest BCUT2D eigenvalue weighted by atomic mass is 9.91. The summed E-state index contributed by atoms with van der Waals surface area (Å²) in [7, 11) is -1.68. The van der Waals surface area contributed by atoms with Gasteiger partial charge in [-0.25, -0.2) is 8.42 Å². The lowest BCUT2D eigenvalue weighted by molar-refractivity contribution is 0.559. The molecule has 0 radical (unpaired) electrons. The number of pyridine rings is 1. The van der Waals surface area contributed by atoms with Crippen LogP contribution < -0.4 is 5.56 Å². The Morgan fingerprint density at radius 3 is 2.77 bits per heavy atom. The third-order valence-electron chi connectivity index (χ3n) is 4.28. The highest BCUT2D eigenvalue weighted by atomic mass is 32.2. The monoisotopic (exact) mass is 317 g/mol. The molecule has 0 saturated heterocycles. The van der Waals surface area contributed by atoms with Crippen LogP contribution in [0.3, 0.4) is 0 Å². The van der Waals surface area contributed by atoms with Crippen LogP contribution in [0.25, 0.3) is 0 Å². The van der Waals surface area contributed by atoms with E-state index in [1.54, 1.807) is 19.3 Å². The summed E-state index contributed by atoms with van der Waals surface area (Å²) in [6, 6.07) is 10.9. The van der Waals surface area contributed by atoms with Crippen molar-refractivity contribution < 1.29 is 8.42 Å². The second-order valence-corrected chi connectivity index (χ2v) is 8.05. The summed E-state index contributed by atoms with van der Waals surface area (Å²) in [5, 5.41) is -0.457. The molecule has 22 heavy (non-hydrogen) atoms. The first-order valence-corrected chi connectivity index (χ1v) is 9.14. The van der Waals surface area contributed by atoms with E-state index in [1.165, 1.54) is 10.6 Å². The molecule has 1 unspecified atom stereocenters. The summed E-state index contributed by atoms with van der Waals surface area (Å²) < 4.78 is 27.0. The normalized spacial score (nSPS) is 18.0. The zero-order valence-corrected chi connectivity index (χ0v) is 13.3. The van der Waals surface area contributed by atoms with Crippen molar-refractivity contribution in [1.29, 1.82) is 0 Å². The third kappa shape index (κ3) is 2.86. The average molecular weight is 317 g/mol. The van der Waals surface area contributed by atoms with Crippen LogP contribution in [0.5, 0.6) is 0 Å². The first kappa shape index (κ1) is 15.0. The molecule has 0 aliphatic heterocycles. The SMILES string of the molecule is Cn1ccc(CS(=O)(=O)C2CCCc3ccccc32)cc1=O. The number of aryl methyl sites for hydroxylation is 2. The number of benzene rings is 1. The van der Waals surface area contributed by atoms with E-state index in [0.29, 0.717) is 12.0 Å². The fraction of sp³-hybridized carbons (Fsp3) is 0.353. The smallest absolute Gasteiger partial charge is 0.250 e. The first-order chi connectivity index (χ1) is 10.5. The van der Waals surface area contributed by atoms with Crippen molar-refractivity contribution in [3.8, 4) is 0 Å². The van der Waals surface area contributed by atoms with E-state index in [4.69, 9.17) is 0 Å². The van der Waals surface area contributed by atoms with Crippen LogP contribution >= 0.6 is 0 Å². The zero-order valence-electron chi connectivity index (χ0n) is 12.5. The number of nitrogens with zero attached hydrogens (tertiary/aromatic N) is 1. The molecule has 4 nitrogen and oxygen atoms in total. The van der Waals surface area contributed by atoms with Crippen LogP contribution in [-0.4, -0.2) is 13.0 Å². The van der Waals surface area contributed by atoms with Crippen molar-refractivity contribution in [3.63, 3.8) is 0 Å². The minimum absolute atomic E-state index is 0.0813. The molecule has 0 saturated carbocycles. The second kappa shape index (κ2) is 5.72. The van der Waals surface area contributed by atoms with Gasteiger partial charge in [0, 0.05) is 19.3 Å². The zero-order chi connectivity index (χ0) is 15.7. The molecule has 1 aromatic heterocycles. The number of sulfone groups is 1. The van der Waals surface area contributed by atoms with E-state index in [-0.39, 0.29) is 11.3 Å². The quantitative estimate of drug-likeness (QED) is 0.873. The van der Waals surface area contributed by atoms with E-state index in [0.717, 1.165) is 24.0 Å². The number of aromatic nitrogens is 1. The van der Waals surface area contributed by atoms with Crippen molar-refractivity contribution in [2.24, 2.45) is 7.05 Å². The minimum Gasteiger partial charge on any atom is -0.319 e. The van der Waals surface area contributed by atoms with Gasteiger partial charge in [0.2, 0.25) is 0 Å². The molecule has 1 heterocycles. The van der Waals surface area contributed by atoms with Crippen LogP contribution in [0.4, 0.5) is 0 Å². The summed E-state index contributed by atoms with van der Waals surface area (Å²) in [6.07, 6.45) is 4.09. The van der Waals surface area contributed by atoms with Gasteiger partial charge in [0.25, 0.3) is 5.56 Å². The molecule has 1 aromatic carbocycles. The molecule has 0 N–H and O–H groups in total. The van der Waals surface area contributed by atoms with Gasteiger partial charge in [-0.3, -0.25) is 4.79 Å². The van der Waals surface area contributed by atoms with E-state index in [2.05, 4.69) is 0 Å². The Kier molecular flexibility index (Phi) is 3.91. The maximum absolute atomic E-state index is 12.8. The Morgan fingerprint density at radius 1 is 1.23 bits per heavy atom. The molecule has 0 amide bonds. The summed E-state index contributed by atoms with van der Waals surface area (Å²) in [5.74, 6) is -0.0813. The van der Waals surface area contributed by atoms with Crippen molar-refractivity contribution >= 4 is 9.84 Å². The van der Waals surface area contributed by atoms with Crippen LogP contribution in [0.15, 0.2) is 47.4 Å². The number of hydrogen-bond acceptors (Lipinski definition) is 3. The standard InChI is InChI=1S/C17H19NO3S/c1-18-10-9-13(11-17(18)19)12-22(20,21)16-8-4-6-14-5-2-3-7-15(14)16/h2-3,5,7,9-11,16H,4,6,8,12H2,1H3. The van der Waals surface area contributed by atoms with Crippen LogP contribution in [0, 0.1) is 0 Å².